The number of fused-ring (bicyclic) bond motifs is 1. The fraction of sp³-hybridized carbons (Fsp3) is 0.238. The summed E-state index contributed by atoms with van der Waals surface area (Å²) in [6.07, 6.45) is 1.74. The summed E-state index contributed by atoms with van der Waals surface area (Å²) in [5, 5.41) is 3.98. The van der Waals surface area contributed by atoms with E-state index >= 15 is 0 Å². The van der Waals surface area contributed by atoms with Crippen molar-refractivity contribution >= 4 is 22.5 Å². The second kappa shape index (κ2) is 7.90. The zero-order valence-corrected chi connectivity index (χ0v) is 14.7. The lowest BCUT2D eigenvalue weighted by atomic mass is 10.1. The van der Waals surface area contributed by atoms with Crippen molar-refractivity contribution in [3.8, 4) is 0 Å². The Morgan fingerprint density at radius 2 is 1.72 bits per heavy atom. The van der Waals surface area contributed by atoms with E-state index in [9.17, 15) is 4.79 Å². The number of nitrogens with zero attached hydrogens (tertiary/aromatic N) is 2. The number of hydrogen-bond donors (Lipinski definition) is 1. The molecule has 0 saturated heterocycles. The van der Waals surface area contributed by atoms with E-state index in [1.165, 1.54) is 5.56 Å². The standard InChI is InChI=1S/C21H23N3O/c1-3-24(4-2)15-16-10-12-18(13-11-16)21(25)23-19-9-5-7-17-8-6-14-22-20(17)19/h5-14H,3-4,15H2,1-2H3,(H,23,25). The maximum Gasteiger partial charge on any atom is 0.255 e. The number of carbonyl (C=O) groups is 1. The second-order valence-corrected chi connectivity index (χ2v) is 5.99. The van der Waals surface area contributed by atoms with Gasteiger partial charge in [-0.15, -0.1) is 0 Å². The van der Waals surface area contributed by atoms with Crippen LogP contribution in [-0.2, 0) is 6.54 Å². The first-order chi connectivity index (χ1) is 12.2. The van der Waals surface area contributed by atoms with Crippen LogP contribution in [0.15, 0.2) is 60.8 Å². The molecule has 4 heteroatoms. The van der Waals surface area contributed by atoms with Gasteiger partial charge in [0.15, 0.2) is 0 Å². The zero-order valence-electron chi connectivity index (χ0n) is 14.7. The Kier molecular flexibility index (Phi) is 5.41. The molecular formula is C21H23N3O. The predicted molar refractivity (Wildman–Crippen MR) is 103 cm³/mol. The van der Waals surface area contributed by atoms with Crippen LogP contribution in [0.5, 0.6) is 0 Å². The van der Waals surface area contributed by atoms with E-state index in [1.54, 1.807) is 6.20 Å². The van der Waals surface area contributed by atoms with Crippen LogP contribution in [0.2, 0.25) is 0 Å². The molecule has 1 aromatic heterocycles. The van der Waals surface area contributed by atoms with Crippen LogP contribution in [0.3, 0.4) is 0 Å². The van der Waals surface area contributed by atoms with Crippen LogP contribution in [0, 0.1) is 0 Å². The van der Waals surface area contributed by atoms with Gasteiger partial charge in [0, 0.05) is 23.7 Å². The van der Waals surface area contributed by atoms with Crippen molar-refractivity contribution in [2.75, 3.05) is 18.4 Å². The number of hydrogen-bond acceptors (Lipinski definition) is 3. The van der Waals surface area contributed by atoms with Gasteiger partial charge in [0.2, 0.25) is 0 Å². The van der Waals surface area contributed by atoms with E-state index in [2.05, 4.69) is 29.0 Å². The number of rotatable bonds is 6. The third-order valence-corrected chi connectivity index (χ3v) is 4.40. The summed E-state index contributed by atoms with van der Waals surface area (Å²) < 4.78 is 0. The Labute approximate surface area is 148 Å². The van der Waals surface area contributed by atoms with Crippen LogP contribution in [0.1, 0.15) is 29.8 Å². The highest BCUT2D eigenvalue weighted by Crippen LogP contribution is 2.21. The van der Waals surface area contributed by atoms with Gasteiger partial charge in [-0.05, 0) is 42.9 Å². The zero-order chi connectivity index (χ0) is 17.6. The molecule has 0 atom stereocenters. The minimum atomic E-state index is -0.118. The van der Waals surface area contributed by atoms with Crippen LogP contribution >= 0.6 is 0 Å². The first-order valence-corrected chi connectivity index (χ1v) is 8.67. The predicted octanol–water partition coefficient (Wildman–Crippen LogP) is 4.33. The van der Waals surface area contributed by atoms with Crippen molar-refractivity contribution in [2.45, 2.75) is 20.4 Å². The summed E-state index contributed by atoms with van der Waals surface area (Å²) in [5.74, 6) is -0.118. The van der Waals surface area contributed by atoms with Gasteiger partial charge in [0.1, 0.15) is 0 Å². The van der Waals surface area contributed by atoms with Gasteiger partial charge in [-0.3, -0.25) is 14.7 Å². The van der Waals surface area contributed by atoms with Crippen molar-refractivity contribution in [2.24, 2.45) is 0 Å². The number of benzene rings is 2. The topological polar surface area (TPSA) is 45.2 Å². The lowest BCUT2D eigenvalue weighted by molar-refractivity contribution is 0.102. The molecular weight excluding hydrogens is 310 g/mol. The maximum absolute atomic E-state index is 12.6. The molecule has 0 aliphatic heterocycles. The Bertz CT molecular complexity index is 849. The number of pyridine rings is 1. The fourth-order valence-electron chi connectivity index (χ4n) is 2.87. The molecule has 0 bridgehead atoms. The highest BCUT2D eigenvalue weighted by molar-refractivity contribution is 6.08. The largest absolute Gasteiger partial charge is 0.320 e. The molecule has 0 radical (unpaired) electrons. The summed E-state index contributed by atoms with van der Waals surface area (Å²) in [7, 11) is 0. The number of amides is 1. The van der Waals surface area contributed by atoms with Crippen LogP contribution in [0.25, 0.3) is 10.9 Å². The van der Waals surface area contributed by atoms with E-state index in [-0.39, 0.29) is 5.91 Å². The summed E-state index contributed by atoms with van der Waals surface area (Å²) in [6.45, 7) is 7.26. The van der Waals surface area contributed by atoms with Crippen molar-refractivity contribution in [3.05, 3.63) is 71.9 Å². The van der Waals surface area contributed by atoms with Gasteiger partial charge in [-0.2, -0.15) is 0 Å². The summed E-state index contributed by atoms with van der Waals surface area (Å²) >= 11 is 0. The number of carbonyl (C=O) groups excluding carboxylic acids is 1. The quantitative estimate of drug-likeness (QED) is 0.730. The molecule has 0 spiro atoms. The maximum atomic E-state index is 12.6. The average molecular weight is 333 g/mol. The molecule has 4 nitrogen and oxygen atoms in total. The lowest BCUT2D eigenvalue weighted by Gasteiger charge is -2.18. The van der Waals surface area contributed by atoms with Gasteiger partial charge in [-0.1, -0.05) is 44.2 Å². The molecule has 3 aromatic rings. The summed E-state index contributed by atoms with van der Waals surface area (Å²) in [5.41, 5.74) is 3.40. The van der Waals surface area contributed by atoms with Crippen molar-refractivity contribution < 1.29 is 4.79 Å². The highest BCUT2D eigenvalue weighted by atomic mass is 16.1. The Morgan fingerprint density at radius 3 is 2.44 bits per heavy atom. The van der Waals surface area contributed by atoms with Crippen molar-refractivity contribution in [1.82, 2.24) is 9.88 Å². The van der Waals surface area contributed by atoms with Gasteiger partial charge in [0.25, 0.3) is 5.91 Å². The normalized spacial score (nSPS) is 11.0. The SMILES string of the molecule is CCN(CC)Cc1ccc(C(=O)Nc2cccc3cccnc23)cc1. The smallest absolute Gasteiger partial charge is 0.255 e. The second-order valence-electron chi connectivity index (χ2n) is 5.99. The van der Waals surface area contributed by atoms with Gasteiger partial charge in [0.05, 0.1) is 11.2 Å². The first kappa shape index (κ1) is 17.1. The molecule has 2 aromatic carbocycles. The molecule has 0 aliphatic rings. The molecule has 0 saturated carbocycles. The van der Waals surface area contributed by atoms with E-state index in [4.69, 9.17) is 0 Å². The highest BCUT2D eigenvalue weighted by Gasteiger charge is 2.09. The van der Waals surface area contributed by atoms with Crippen LogP contribution in [0.4, 0.5) is 5.69 Å². The number of anilines is 1. The molecule has 0 fully saturated rings. The van der Waals surface area contributed by atoms with Crippen LogP contribution < -0.4 is 5.32 Å². The average Bonchev–Trinajstić information content (AvgIpc) is 2.67. The van der Waals surface area contributed by atoms with Gasteiger partial charge >= 0.3 is 0 Å². The molecule has 3 rings (SSSR count). The Hall–Kier alpha value is -2.72. The monoisotopic (exact) mass is 333 g/mol. The van der Waals surface area contributed by atoms with Crippen molar-refractivity contribution in [3.63, 3.8) is 0 Å². The lowest BCUT2D eigenvalue weighted by Crippen LogP contribution is -2.22. The van der Waals surface area contributed by atoms with Gasteiger partial charge < -0.3 is 5.32 Å². The minimum absolute atomic E-state index is 0.118. The van der Waals surface area contributed by atoms with E-state index in [0.29, 0.717) is 5.56 Å². The number of nitrogens with one attached hydrogen (secondary N) is 1. The molecule has 128 valence electrons. The molecule has 1 heterocycles. The fourth-order valence-corrected chi connectivity index (χ4v) is 2.87. The summed E-state index contributed by atoms with van der Waals surface area (Å²) in [4.78, 5) is 19.3. The third-order valence-electron chi connectivity index (χ3n) is 4.40. The van der Waals surface area contributed by atoms with E-state index in [1.807, 2.05) is 54.6 Å². The van der Waals surface area contributed by atoms with E-state index < -0.39 is 0 Å². The molecule has 1 N–H and O–H groups in total. The van der Waals surface area contributed by atoms with E-state index in [0.717, 1.165) is 36.2 Å². The number of para-hydroxylation sites is 1. The molecule has 0 unspecified atom stereocenters. The first-order valence-electron chi connectivity index (χ1n) is 8.67. The third kappa shape index (κ3) is 4.03. The molecule has 25 heavy (non-hydrogen) atoms. The Morgan fingerprint density at radius 1 is 1.00 bits per heavy atom. The van der Waals surface area contributed by atoms with Gasteiger partial charge in [-0.25, -0.2) is 0 Å². The molecule has 0 aliphatic carbocycles. The minimum Gasteiger partial charge on any atom is -0.320 e. The Balaban J connectivity index is 1.75. The number of aromatic nitrogens is 1. The van der Waals surface area contributed by atoms with Crippen LogP contribution in [-0.4, -0.2) is 28.9 Å². The molecule has 1 amide bonds. The van der Waals surface area contributed by atoms with Crippen molar-refractivity contribution in [1.29, 1.82) is 0 Å². The summed E-state index contributed by atoms with van der Waals surface area (Å²) in [6, 6.07) is 17.5.